The standard InChI is InChI=1S/C19H23N3O5/c1-12-6-7-18(19(20-12)22(24)25)27-11-17(23)16-9-13(2)21(14(16)3)10-15-5-4-8-26-15/h6-7,9,15H,4-5,8,10-11H2,1-3H3/t15-/m0/s1. The minimum absolute atomic E-state index is 0.00730. The Morgan fingerprint density at radius 2 is 2.19 bits per heavy atom. The van der Waals surface area contributed by atoms with Crippen LogP contribution in [0.25, 0.3) is 0 Å². The highest BCUT2D eigenvalue weighted by atomic mass is 16.6. The van der Waals surface area contributed by atoms with Gasteiger partial charge in [0.25, 0.3) is 0 Å². The van der Waals surface area contributed by atoms with Gasteiger partial charge in [0.05, 0.1) is 6.10 Å². The molecule has 0 saturated carbocycles. The number of hydrogen-bond donors (Lipinski definition) is 0. The number of pyridine rings is 1. The molecular formula is C19H23N3O5. The molecule has 1 fully saturated rings. The molecule has 0 aliphatic carbocycles. The van der Waals surface area contributed by atoms with Gasteiger partial charge in [-0.05, 0) is 54.8 Å². The predicted octanol–water partition coefficient (Wildman–Crippen LogP) is 3.16. The Hall–Kier alpha value is -2.74. The van der Waals surface area contributed by atoms with Crippen LogP contribution in [0.3, 0.4) is 0 Å². The number of Topliss-reactive ketones (excluding diaryl/α,β-unsaturated/α-hetero) is 1. The van der Waals surface area contributed by atoms with E-state index in [0.29, 0.717) is 11.3 Å². The predicted molar refractivity (Wildman–Crippen MR) is 98.3 cm³/mol. The smallest absolute Gasteiger partial charge is 0.406 e. The van der Waals surface area contributed by atoms with Crippen LogP contribution in [0.4, 0.5) is 5.82 Å². The van der Waals surface area contributed by atoms with Gasteiger partial charge in [0, 0.05) is 37.0 Å². The van der Waals surface area contributed by atoms with Crippen molar-refractivity contribution in [2.75, 3.05) is 13.2 Å². The Labute approximate surface area is 157 Å². The minimum Gasteiger partial charge on any atom is -0.477 e. The quantitative estimate of drug-likeness (QED) is 0.420. The number of nitrogens with zero attached hydrogens (tertiary/aromatic N) is 3. The zero-order chi connectivity index (χ0) is 19.6. The lowest BCUT2D eigenvalue weighted by Crippen LogP contribution is -2.18. The first-order valence-electron chi connectivity index (χ1n) is 8.93. The number of hydrogen-bond acceptors (Lipinski definition) is 6. The molecule has 2 aromatic rings. The number of ketones is 1. The molecule has 144 valence electrons. The fourth-order valence-corrected chi connectivity index (χ4v) is 3.35. The summed E-state index contributed by atoms with van der Waals surface area (Å²) in [7, 11) is 0. The third-order valence-corrected chi connectivity index (χ3v) is 4.79. The summed E-state index contributed by atoms with van der Waals surface area (Å²) >= 11 is 0. The maximum atomic E-state index is 12.6. The monoisotopic (exact) mass is 373 g/mol. The highest BCUT2D eigenvalue weighted by molar-refractivity contribution is 5.98. The van der Waals surface area contributed by atoms with Gasteiger partial charge in [-0.2, -0.15) is 0 Å². The average molecular weight is 373 g/mol. The van der Waals surface area contributed by atoms with E-state index < -0.39 is 4.92 Å². The van der Waals surface area contributed by atoms with Gasteiger partial charge in [0.2, 0.25) is 11.5 Å². The van der Waals surface area contributed by atoms with E-state index in [-0.39, 0.29) is 30.1 Å². The normalized spacial score (nSPS) is 16.5. The molecule has 0 spiro atoms. The van der Waals surface area contributed by atoms with Gasteiger partial charge < -0.3 is 24.2 Å². The highest BCUT2D eigenvalue weighted by Crippen LogP contribution is 2.25. The van der Waals surface area contributed by atoms with Crippen LogP contribution < -0.4 is 4.74 Å². The third-order valence-electron chi connectivity index (χ3n) is 4.79. The second-order valence-electron chi connectivity index (χ2n) is 6.77. The SMILES string of the molecule is Cc1ccc(OCC(=O)c2cc(C)n(C[C@@H]3CCCO3)c2C)c([N+](=O)[O-])n1. The first-order chi connectivity index (χ1) is 12.9. The van der Waals surface area contributed by atoms with E-state index in [2.05, 4.69) is 9.55 Å². The van der Waals surface area contributed by atoms with Gasteiger partial charge in [0.1, 0.15) is 5.69 Å². The Morgan fingerprint density at radius 3 is 2.85 bits per heavy atom. The van der Waals surface area contributed by atoms with Gasteiger partial charge >= 0.3 is 5.82 Å². The molecule has 3 rings (SSSR count). The van der Waals surface area contributed by atoms with Crippen LogP contribution in [0, 0.1) is 30.9 Å². The molecule has 8 nitrogen and oxygen atoms in total. The molecule has 0 radical (unpaired) electrons. The maximum absolute atomic E-state index is 12.6. The number of rotatable bonds is 7. The maximum Gasteiger partial charge on any atom is 0.406 e. The van der Waals surface area contributed by atoms with Crippen LogP contribution in [-0.4, -0.2) is 39.6 Å². The zero-order valence-corrected chi connectivity index (χ0v) is 15.7. The highest BCUT2D eigenvalue weighted by Gasteiger charge is 2.23. The first kappa shape index (κ1) is 19.0. The number of nitro groups is 1. The van der Waals surface area contributed by atoms with E-state index in [1.807, 2.05) is 19.9 Å². The van der Waals surface area contributed by atoms with E-state index in [4.69, 9.17) is 9.47 Å². The van der Waals surface area contributed by atoms with Crippen LogP contribution in [0.15, 0.2) is 18.2 Å². The summed E-state index contributed by atoms with van der Waals surface area (Å²) in [4.78, 5) is 27.0. The summed E-state index contributed by atoms with van der Waals surface area (Å²) < 4.78 is 13.2. The molecule has 0 bridgehead atoms. The molecule has 27 heavy (non-hydrogen) atoms. The molecule has 0 unspecified atom stereocenters. The van der Waals surface area contributed by atoms with Crippen molar-refractivity contribution in [1.82, 2.24) is 9.55 Å². The summed E-state index contributed by atoms with van der Waals surface area (Å²) in [6.45, 7) is 6.73. The fourth-order valence-electron chi connectivity index (χ4n) is 3.35. The largest absolute Gasteiger partial charge is 0.477 e. The number of aryl methyl sites for hydroxylation is 2. The lowest BCUT2D eigenvalue weighted by molar-refractivity contribution is -0.390. The molecule has 3 heterocycles. The lowest BCUT2D eigenvalue weighted by Gasteiger charge is -2.14. The van der Waals surface area contributed by atoms with Crippen molar-refractivity contribution < 1.29 is 19.2 Å². The summed E-state index contributed by atoms with van der Waals surface area (Å²) in [5.41, 5.74) is 2.91. The van der Waals surface area contributed by atoms with Crippen molar-refractivity contribution in [3.8, 4) is 5.75 Å². The third kappa shape index (κ3) is 4.16. The molecule has 1 saturated heterocycles. The Morgan fingerprint density at radius 1 is 1.41 bits per heavy atom. The Balaban J connectivity index is 1.73. The number of carbonyl (C=O) groups is 1. The van der Waals surface area contributed by atoms with Gasteiger partial charge in [-0.1, -0.05) is 0 Å². The summed E-state index contributed by atoms with van der Waals surface area (Å²) in [6, 6.07) is 4.91. The molecule has 0 amide bonds. The minimum atomic E-state index is -0.611. The molecule has 2 aromatic heterocycles. The van der Waals surface area contributed by atoms with Crippen LogP contribution in [-0.2, 0) is 11.3 Å². The Bertz CT molecular complexity index is 868. The van der Waals surface area contributed by atoms with E-state index >= 15 is 0 Å². The molecule has 1 aliphatic rings. The lowest BCUT2D eigenvalue weighted by atomic mass is 10.1. The molecule has 0 aromatic carbocycles. The van der Waals surface area contributed by atoms with Crippen molar-refractivity contribution in [2.45, 2.75) is 46.3 Å². The summed E-state index contributed by atoms with van der Waals surface area (Å²) in [5.74, 6) is -0.615. The van der Waals surface area contributed by atoms with E-state index in [0.717, 1.165) is 37.4 Å². The van der Waals surface area contributed by atoms with Crippen molar-refractivity contribution in [1.29, 1.82) is 0 Å². The Kier molecular flexibility index (Phi) is 5.55. The van der Waals surface area contributed by atoms with Crippen LogP contribution >= 0.6 is 0 Å². The second-order valence-corrected chi connectivity index (χ2v) is 6.77. The summed E-state index contributed by atoms with van der Waals surface area (Å²) in [5, 5.41) is 11.1. The number of ether oxygens (including phenoxy) is 2. The number of aromatic nitrogens is 2. The van der Waals surface area contributed by atoms with Gasteiger partial charge in [-0.3, -0.25) is 4.79 Å². The van der Waals surface area contributed by atoms with E-state index in [1.54, 1.807) is 13.0 Å². The fraction of sp³-hybridized carbons (Fsp3) is 0.474. The molecule has 0 N–H and O–H groups in total. The summed E-state index contributed by atoms with van der Waals surface area (Å²) in [6.07, 6.45) is 2.26. The van der Waals surface area contributed by atoms with E-state index in [1.165, 1.54) is 6.07 Å². The van der Waals surface area contributed by atoms with Crippen LogP contribution in [0.2, 0.25) is 0 Å². The van der Waals surface area contributed by atoms with Crippen molar-refractivity contribution in [3.05, 3.63) is 51.0 Å². The van der Waals surface area contributed by atoms with Gasteiger partial charge in [-0.15, -0.1) is 0 Å². The molecule has 1 atom stereocenters. The second kappa shape index (κ2) is 7.87. The topological polar surface area (TPSA) is 96.5 Å². The van der Waals surface area contributed by atoms with Crippen molar-refractivity contribution in [2.24, 2.45) is 0 Å². The van der Waals surface area contributed by atoms with E-state index in [9.17, 15) is 14.9 Å². The molecular weight excluding hydrogens is 350 g/mol. The van der Waals surface area contributed by atoms with Crippen molar-refractivity contribution >= 4 is 11.6 Å². The molecule has 1 aliphatic heterocycles. The first-order valence-corrected chi connectivity index (χ1v) is 8.93. The molecule has 8 heteroatoms. The van der Waals surface area contributed by atoms with Gasteiger partial charge in [-0.25, -0.2) is 0 Å². The number of carbonyl (C=O) groups excluding carboxylic acids is 1. The van der Waals surface area contributed by atoms with Gasteiger partial charge in [0.15, 0.2) is 6.61 Å². The zero-order valence-electron chi connectivity index (χ0n) is 15.7. The average Bonchev–Trinajstić information content (AvgIpc) is 3.24. The van der Waals surface area contributed by atoms with Crippen LogP contribution in [0.1, 0.15) is 40.3 Å². The van der Waals surface area contributed by atoms with Crippen LogP contribution in [0.5, 0.6) is 5.75 Å². The van der Waals surface area contributed by atoms with Crippen molar-refractivity contribution in [3.63, 3.8) is 0 Å².